The lowest BCUT2D eigenvalue weighted by Crippen LogP contribution is -2.56. The minimum atomic E-state index is -0.0121. The molecule has 0 aromatic heterocycles. The van der Waals surface area contributed by atoms with Gasteiger partial charge in [0.05, 0.1) is 12.7 Å². The lowest BCUT2D eigenvalue weighted by molar-refractivity contribution is -0.154. The molecule has 0 aliphatic carbocycles. The fourth-order valence-electron chi connectivity index (χ4n) is 4.40. The fourth-order valence-corrected chi connectivity index (χ4v) is 4.40. The molecule has 3 fully saturated rings. The van der Waals surface area contributed by atoms with E-state index in [4.69, 9.17) is 9.47 Å². The van der Waals surface area contributed by atoms with Crippen LogP contribution in [0.1, 0.15) is 40.0 Å². The van der Waals surface area contributed by atoms with Crippen molar-refractivity contribution in [2.75, 3.05) is 65.6 Å². The van der Waals surface area contributed by atoms with Crippen LogP contribution in [-0.2, 0) is 9.47 Å². The monoisotopic (exact) mass is 339 g/mol. The third-order valence-electron chi connectivity index (χ3n) is 6.00. The number of ether oxygens (including phenoxy) is 2. The zero-order valence-corrected chi connectivity index (χ0v) is 16.0. The van der Waals surface area contributed by atoms with Gasteiger partial charge < -0.3 is 14.4 Å². The number of hydrogen-bond acceptors (Lipinski definition) is 5. The summed E-state index contributed by atoms with van der Waals surface area (Å²) >= 11 is 0. The highest BCUT2D eigenvalue weighted by molar-refractivity contribution is 4.93. The van der Waals surface area contributed by atoms with Crippen LogP contribution in [0.5, 0.6) is 0 Å². The maximum atomic E-state index is 6.36. The molecular weight excluding hydrogens is 302 g/mol. The third kappa shape index (κ3) is 4.70. The zero-order valence-electron chi connectivity index (χ0n) is 16.0. The molecule has 0 N–H and O–H groups in total. The summed E-state index contributed by atoms with van der Waals surface area (Å²) in [5.41, 5.74) is -0.0121. The molecule has 0 aromatic rings. The van der Waals surface area contributed by atoms with Gasteiger partial charge in [-0.25, -0.2) is 0 Å². The SMILES string of the molecule is CC[C@H]1CN(CCCN2CCN(C(C)C)CC2)C[C@@]2(CCOC2)O1. The van der Waals surface area contributed by atoms with Gasteiger partial charge in [-0.3, -0.25) is 9.80 Å². The minimum absolute atomic E-state index is 0.0121. The van der Waals surface area contributed by atoms with Gasteiger partial charge in [0.2, 0.25) is 0 Å². The van der Waals surface area contributed by atoms with E-state index in [9.17, 15) is 0 Å². The molecule has 5 heteroatoms. The molecular formula is C19H37N3O2. The van der Waals surface area contributed by atoms with E-state index >= 15 is 0 Å². The van der Waals surface area contributed by atoms with Gasteiger partial charge in [0, 0.05) is 58.3 Å². The van der Waals surface area contributed by atoms with Crippen LogP contribution in [0.4, 0.5) is 0 Å². The van der Waals surface area contributed by atoms with Crippen LogP contribution < -0.4 is 0 Å². The van der Waals surface area contributed by atoms with E-state index in [0.717, 1.165) is 39.1 Å². The highest BCUT2D eigenvalue weighted by Gasteiger charge is 2.43. The molecule has 3 aliphatic rings. The van der Waals surface area contributed by atoms with Crippen molar-refractivity contribution in [3.8, 4) is 0 Å². The quantitative estimate of drug-likeness (QED) is 0.734. The second-order valence-electron chi connectivity index (χ2n) is 8.19. The Labute approximate surface area is 148 Å². The van der Waals surface area contributed by atoms with Crippen molar-refractivity contribution < 1.29 is 9.47 Å². The predicted molar refractivity (Wildman–Crippen MR) is 97.5 cm³/mol. The first-order valence-corrected chi connectivity index (χ1v) is 10.0. The Morgan fingerprint density at radius 2 is 1.83 bits per heavy atom. The molecule has 3 aliphatic heterocycles. The zero-order chi connectivity index (χ0) is 17.0. The van der Waals surface area contributed by atoms with Crippen LogP contribution in [0.2, 0.25) is 0 Å². The first kappa shape index (κ1) is 18.6. The largest absolute Gasteiger partial charge is 0.378 e. The molecule has 3 saturated heterocycles. The van der Waals surface area contributed by atoms with Gasteiger partial charge in [-0.2, -0.15) is 0 Å². The molecule has 0 unspecified atom stereocenters. The van der Waals surface area contributed by atoms with E-state index in [1.807, 2.05) is 0 Å². The predicted octanol–water partition coefficient (Wildman–Crippen LogP) is 1.67. The van der Waals surface area contributed by atoms with Crippen LogP contribution >= 0.6 is 0 Å². The summed E-state index contributed by atoms with van der Waals surface area (Å²) < 4.78 is 12.0. The van der Waals surface area contributed by atoms with Crippen LogP contribution in [0, 0.1) is 0 Å². The number of piperazine rings is 1. The van der Waals surface area contributed by atoms with E-state index in [-0.39, 0.29) is 5.60 Å². The van der Waals surface area contributed by atoms with Crippen molar-refractivity contribution >= 4 is 0 Å². The molecule has 0 radical (unpaired) electrons. The van der Waals surface area contributed by atoms with E-state index in [0.29, 0.717) is 12.1 Å². The number of rotatable bonds is 6. The summed E-state index contributed by atoms with van der Waals surface area (Å²) in [4.78, 5) is 7.87. The van der Waals surface area contributed by atoms with Gasteiger partial charge in [0.1, 0.15) is 5.60 Å². The van der Waals surface area contributed by atoms with Gasteiger partial charge in [-0.05, 0) is 39.8 Å². The van der Waals surface area contributed by atoms with Crippen LogP contribution in [0.25, 0.3) is 0 Å². The van der Waals surface area contributed by atoms with Crippen molar-refractivity contribution in [3.63, 3.8) is 0 Å². The van der Waals surface area contributed by atoms with Crippen molar-refractivity contribution in [1.82, 2.24) is 14.7 Å². The summed E-state index contributed by atoms with van der Waals surface area (Å²) in [6, 6.07) is 0.691. The Morgan fingerprint density at radius 1 is 1.08 bits per heavy atom. The lowest BCUT2D eigenvalue weighted by atomic mass is 9.98. The number of morpholine rings is 1. The standard InChI is InChI=1S/C19H37N3O2/c1-4-18-14-21(15-19(24-18)6-13-23-16-19)8-5-7-20-9-11-22(12-10-20)17(2)3/h17-18H,4-16H2,1-3H3/t18-,19+/m0/s1. The Morgan fingerprint density at radius 3 is 2.46 bits per heavy atom. The third-order valence-corrected chi connectivity index (χ3v) is 6.00. The first-order chi connectivity index (χ1) is 11.6. The molecule has 2 atom stereocenters. The second kappa shape index (κ2) is 8.45. The summed E-state index contributed by atoms with van der Waals surface area (Å²) in [5.74, 6) is 0. The Hall–Kier alpha value is -0.200. The van der Waals surface area contributed by atoms with Gasteiger partial charge in [-0.1, -0.05) is 6.92 Å². The second-order valence-corrected chi connectivity index (χ2v) is 8.19. The smallest absolute Gasteiger partial charge is 0.107 e. The molecule has 1 spiro atoms. The molecule has 5 nitrogen and oxygen atoms in total. The van der Waals surface area contributed by atoms with Crippen molar-refractivity contribution in [2.24, 2.45) is 0 Å². The van der Waals surface area contributed by atoms with Crippen LogP contribution in [0.15, 0.2) is 0 Å². The summed E-state index contributed by atoms with van der Waals surface area (Å²) in [6.45, 7) is 18.0. The van der Waals surface area contributed by atoms with E-state index in [1.54, 1.807) is 0 Å². The highest BCUT2D eigenvalue weighted by atomic mass is 16.6. The van der Waals surface area contributed by atoms with Gasteiger partial charge >= 0.3 is 0 Å². The molecule has 0 amide bonds. The molecule has 0 saturated carbocycles. The molecule has 3 heterocycles. The van der Waals surface area contributed by atoms with E-state index < -0.39 is 0 Å². The maximum absolute atomic E-state index is 6.36. The maximum Gasteiger partial charge on any atom is 0.107 e. The van der Waals surface area contributed by atoms with Crippen molar-refractivity contribution in [1.29, 1.82) is 0 Å². The topological polar surface area (TPSA) is 28.2 Å². The lowest BCUT2D eigenvalue weighted by Gasteiger charge is -2.44. The average Bonchev–Trinajstić information content (AvgIpc) is 3.02. The Bertz CT molecular complexity index is 377. The molecule has 3 rings (SSSR count). The number of nitrogens with zero attached hydrogens (tertiary/aromatic N) is 3. The molecule has 140 valence electrons. The van der Waals surface area contributed by atoms with Gasteiger partial charge in [-0.15, -0.1) is 0 Å². The first-order valence-electron chi connectivity index (χ1n) is 10.0. The van der Waals surface area contributed by atoms with Gasteiger partial charge in [0.25, 0.3) is 0 Å². The summed E-state index contributed by atoms with van der Waals surface area (Å²) in [6.07, 6.45) is 3.83. The molecule has 24 heavy (non-hydrogen) atoms. The normalized spacial score (nSPS) is 33.8. The molecule has 0 aromatic carbocycles. The average molecular weight is 340 g/mol. The Kier molecular flexibility index (Phi) is 6.55. The van der Waals surface area contributed by atoms with E-state index in [2.05, 4.69) is 35.5 Å². The van der Waals surface area contributed by atoms with E-state index in [1.165, 1.54) is 45.7 Å². The fraction of sp³-hybridized carbons (Fsp3) is 1.00. The molecule has 0 bridgehead atoms. The number of hydrogen-bond donors (Lipinski definition) is 0. The van der Waals surface area contributed by atoms with Crippen LogP contribution in [0.3, 0.4) is 0 Å². The van der Waals surface area contributed by atoms with Crippen molar-refractivity contribution in [2.45, 2.75) is 57.8 Å². The Balaban J connectivity index is 1.40. The highest BCUT2D eigenvalue weighted by Crippen LogP contribution is 2.31. The van der Waals surface area contributed by atoms with Crippen molar-refractivity contribution in [3.05, 3.63) is 0 Å². The van der Waals surface area contributed by atoms with Crippen LogP contribution in [-0.4, -0.2) is 98.0 Å². The summed E-state index contributed by atoms with van der Waals surface area (Å²) in [7, 11) is 0. The summed E-state index contributed by atoms with van der Waals surface area (Å²) in [5, 5.41) is 0. The van der Waals surface area contributed by atoms with Gasteiger partial charge in [0.15, 0.2) is 0 Å². The minimum Gasteiger partial charge on any atom is -0.378 e.